The van der Waals surface area contributed by atoms with Crippen LogP contribution in [0.1, 0.15) is 37.7 Å². The third-order valence-electron chi connectivity index (χ3n) is 6.25. The number of nitrogens with zero attached hydrogens (tertiary/aromatic N) is 3. The van der Waals surface area contributed by atoms with Gasteiger partial charge in [-0.1, -0.05) is 55.7 Å². The first-order valence-electron chi connectivity index (χ1n) is 10.5. The Morgan fingerprint density at radius 3 is 2.29 bits per heavy atom. The summed E-state index contributed by atoms with van der Waals surface area (Å²) in [6.07, 6.45) is 7.00. The first-order chi connectivity index (χ1) is 13.7. The molecule has 1 aliphatic heterocycles. The lowest BCUT2D eigenvalue weighted by Crippen LogP contribution is -2.50. The standard InChI is InChI=1S/C23H29N3O2/c27-26(28)23-8-4-5-21(17-23)20-11-9-19(10-12-20)18-24-13-15-25(16-14-24)22-6-2-1-3-7-22/h4-5,8-12,17,22H,1-3,6-7,13-16,18H2. The molecule has 0 radical (unpaired) electrons. The van der Waals surface area contributed by atoms with E-state index in [9.17, 15) is 10.1 Å². The van der Waals surface area contributed by atoms with Gasteiger partial charge in [-0.15, -0.1) is 0 Å². The van der Waals surface area contributed by atoms with Crippen molar-refractivity contribution in [1.82, 2.24) is 9.80 Å². The molecular weight excluding hydrogens is 350 g/mol. The minimum atomic E-state index is -0.342. The van der Waals surface area contributed by atoms with Crippen LogP contribution in [0.2, 0.25) is 0 Å². The van der Waals surface area contributed by atoms with Crippen molar-refractivity contribution in [3.05, 3.63) is 64.2 Å². The molecule has 2 aromatic carbocycles. The van der Waals surface area contributed by atoms with Crippen molar-refractivity contribution in [3.8, 4) is 11.1 Å². The Balaban J connectivity index is 1.32. The second-order valence-electron chi connectivity index (χ2n) is 8.11. The van der Waals surface area contributed by atoms with Gasteiger partial charge < -0.3 is 0 Å². The highest BCUT2D eigenvalue weighted by Crippen LogP contribution is 2.26. The second-order valence-corrected chi connectivity index (χ2v) is 8.11. The molecule has 2 aliphatic rings. The first kappa shape index (κ1) is 19.1. The van der Waals surface area contributed by atoms with Crippen LogP contribution in [0, 0.1) is 10.1 Å². The summed E-state index contributed by atoms with van der Waals surface area (Å²) in [5, 5.41) is 11.0. The Labute approximate surface area is 167 Å². The van der Waals surface area contributed by atoms with E-state index in [1.54, 1.807) is 12.1 Å². The lowest BCUT2D eigenvalue weighted by atomic mass is 9.94. The number of rotatable bonds is 5. The van der Waals surface area contributed by atoms with Crippen LogP contribution in [0.25, 0.3) is 11.1 Å². The molecule has 28 heavy (non-hydrogen) atoms. The molecule has 148 valence electrons. The molecule has 5 heteroatoms. The third-order valence-corrected chi connectivity index (χ3v) is 6.25. The van der Waals surface area contributed by atoms with Gasteiger partial charge in [0.25, 0.3) is 5.69 Å². The van der Waals surface area contributed by atoms with Gasteiger partial charge in [-0.05, 0) is 29.5 Å². The molecule has 2 aromatic rings. The van der Waals surface area contributed by atoms with Crippen molar-refractivity contribution >= 4 is 5.69 Å². The van der Waals surface area contributed by atoms with Gasteiger partial charge >= 0.3 is 0 Å². The summed E-state index contributed by atoms with van der Waals surface area (Å²) in [5.41, 5.74) is 3.36. The Hall–Kier alpha value is -2.24. The zero-order chi connectivity index (χ0) is 19.3. The van der Waals surface area contributed by atoms with Crippen LogP contribution >= 0.6 is 0 Å². The number of nitro benzene ring substituents is 1. The summed E-state index contributed by atoms with van der Waals surface area (Å²) in [5.74, 6) is 0. The van der Waals surface area contributed by atoms with E-state index < -0.39 is 0 Å². The molecule has 2 fully saturated rings. The van der Waals surface area contributed by atoms with E-state index in [-0.39, 0.29) is 10.6 Å². The Morgan fingerprint density at radius 1 is 0.893 bits per heavy atom. The molecule has 0 bridgehead atoms. The highest BCUT2D eigenvalue weighted by Gasteiger charge is 2.24. The molecule has 0 spiro atoms. The average molecular weight is 380 g/mol. The lowest BCUT2D eigenvalue weighted by Gasteiger charge is -2.40. The summed E-state index contributed by atoms with van der Waals surface area (Å²) >= 11 is 0. The zero-order valence-corrected chi connectivity index (χ0v) is 16.4. The molecule has 1 heterocycles. The highest BCUT2D eigenvalue weighted by molar-refractivity contribution is 5.66. The van der Waals surface area contributed by atoms with Gasteiger partial charge in [0.15, 0.2) is 0 Å². The van der Waals surface area contributed by atoms with Gasteiger partial charge in [-0.25, -0.2) is 0 Å². The van der Waals surface area contributed by atoms with Crippen molar-refractivity contribution in [2.75, 3.05) is 26.2 Å². The van der Waals surface area contributed by atoms with E-state index in [0.29, 0.717) is 0 Å². The van der Waals surface area contributed by atoms with Gasteiger partial charge in [-0.2, -0.15) is 0 Å². The fraction of sp³-hybridized carbons (Fsp3) is 0.478. The second kappa shape index (κ2) is 8.84. The van der Waals surface area contributed by atoms with Crippen LogP contribution in [-0.4, -0.2) is 46.9 Å². The van der Waals surface area contributed by atoms with Gasteiger partial charge in [0.1, 0.15) is 0 Å². The fourth-order valence-electron chi connectivity index (χ4n) is 4.59. The van der Waals surface area contributed by atoms with Gasteiger partial charge in [0.05, 0.1) is 4.92 Å². The molecule has 0 N–H and O–H groups in total. The summed E-state index contributed by atoms with van der Waals surface area (Å²) in [6.45, 7) is 5.65. The minimum Gasteiger partial charge on any atom is -0.298 e. The van der Waals surface area contributed by atoms with E-state index in [1.165, 1.54) is 56.8 Å². The SMILES string of the molecule is O=[N+]([O-])c1cccc(-c2ccc(CN3CCN(C4CCCCC4)CC3)cc2)c1. The van der Waals surface area contributed by atoms with E-state index in [4.69, 9.17) is 0 Å². The van der Waals surface area contributed by atoms with E-state index >= 15 is 0 Å². The number of non-ortho nitro benzene ring substituents is 1. The predicted molar refractivity (Wildman–Crippen MR) is 112 cm³/mol. The van der Waals surface area contributed by atoms with Gasteiger partial charge in [-0.3, -0.25) is 19.9 Å². The number of piperazine rings is 1. The Bertz CT molecular complexity index is 792. The fourth-order valence-corrected chi connectivity index (χ4v) is 4.59. The van der Waals surface area contributed by atoms with E-state index in [2.05, 4.69) is 34.1 Å². The molecule has 5 nitrogen and oxygen atoms in total. The molecular formula is C23H29N3O2. The van der Waals surface area contributed by atoms with Crippen molar-refractivity contribution in [2.24, 2.45) is 0 Å². The number of hydrogen-bond donors (Lipinski definition) is 0. The maximum absolute atomic E-state index is 11.0. The van der Waals surface area contributed by atoms with Crippen LogP contribution in [0.3, 0.4) is 0 Å². The molecule has 0 unspecified atom stereocenters. The van der Waals surface area contributed by atoms with Crippen molar-refractivity contribution in [2.45, 2.75) is 44.7 Å². The molecule has 1 saturated heterocycles. The lowest BCUT2D eigenvalue weighted by molar-refractivity contribution is -0.384. The van der Waals surface area contributed by atoms with Gasteiger partial charge in [0.2, 0.25) is 0 Å². The average Bonchev–Trinajstić information content (AvgIpc) is 2.75. The summed E-state index contributed by atoms with van der Waals surface area (Å²) < 4.78 is 0. The summed E-state index contributed by atoms with van der Waals surface area (Å²) in [4.78, 5) is 15.9. The number of benzene rings is 2. The number of nitro groups is 1. The van der Waals surface area contributed by atoms with Crippen molar-refractivity contribution < 1.29 is 4.92 Å². The van der Waals surface area contributed by atoms with Crippen LogP contribution in [0.4, 0.5) is 5.69 Å². The highest BCUT2D eigenvalue weighted by atomic mass is 16.6. The normalized spacial score (nSPS) is 19.6. The van der Waals surface area contributed by atoms with Crippen molar-refractivity contribution in [3.63, 3.8) is 0 Å². The van der Waals surface area contributed by atoms with Crippen molar-refractivity contribution in [1.29, 1.82) is 0 Å². The van der Waals surface area contributed by atoms with Crippen LogP contribution in [-0.2, 0) is 6.54 Å². The Morgan fingerprint density at radius 2 is 1.61 bits per heavy atom. The third kappa shape index (κ3) is 4.59. The minimum absolute atomic E-state index is 0.136. The monoisotopic (exact) mass is 379 g/mol. The summed E-state index contributed by atoms with van der Waals surface area (Å²) in [7, 11) is 0. The molecule has 0 atom stereocenters. The van der Waals surface area contributed by atoms with E-state index in [1.807, 2.05) is 6.07 Å². The van der Waals surface area contributed by atoms with Crippen LogP contribution in [0.5, 0.6) is 0 Å². The largest absolute Gasteiger partial charge is 0.298 e. The van der Waals surface area contributed by atoms with Crippen LogP contribution < -0.4 is 0 Å². The Kier molecular flexibility index (Phi) is 6.03. The molecule has 0 amide bonds. The molecule has 1 aliphatic carbocycles. The maximum atomic E-state index is 11.0. The predicted octanol–water partition coefficient (Wildman–Crippen LogP) is 4.71. The quantitative estimate of drug-likeness (QED) is 0.557. The van der Waals surface area contributed by atoms with E-state index in [0.717, 1.165) is 36.8 Å². The zero-order valence-electron chi connectivity index (χ0n) is 16.4. The molecule has 0 aromatic heterocycles. The molecule has 4 rings (SSSR count). The first-order valence-corrected chi connectivity index (χ1v) is 10.5. The summed E-state index contributed by atoms with van der Waals surface area (Å²) in [6, 6.07) is 16.1. The van der Waals surface area contributed by atoms with Crippen LogP contribution in [0.15, 0.2) is 48.5 Å². The smallest absolute Gasteiger partial charge is 0.270 e. The number of hydrogen-bond acceptors (Lipinski definition) is 4. The van der Waals surface area contributed by atoms with Gasteiger partial charge in [0, 0.05) is 50.9 Å². The molecule has 1 saturated carbocycles. The topological polar surface area (TPSA) is 49.6 Å². The maximum Gasteiger partial charge on any atom is 0.270 e.